The van der Waals surface area contributed by atoms with Crippen molar-refractivity contribution in [2.24, 2.45) is 5.92 Å². The maximum Gasteiger partial charge on any atom is 0.268 e. The second kappa shape index (κ2) is 6.72. The van der Waals surface area contributed by atoms with Crippen molar-refractivity contribution in [3.05, 3.63) is 54.2 Å². The Morgan fingerprint density at radius 2 is 1.88 bits per heavy atom. The molecular formula is C19H23N3O3S. The molecule has 1 aromatic heterocycles. The minimum Gasteiger partial charge on any atom is -0.351 e. The summed E-state index contributed by atoms with van der Waals surface area (Å²) in [6.45, 7) is 7.14. The molecule has 2 aromatic rings. The van der Waals surface area contributed by atoms with Gasteiger partial charge in [0.25, 0.3) is 15.9 Å². The monoisotopic (exact) mass is 373 g/mol. The van der Waals surface area contributed by atoms with Gasteiger partial charge in [-0.25, -0.2) is 18.1 Å². The normalized spacial score (nSPS) is 19.3. The first-order valence-corrected chi connectivity index (χ1v) is 10.0. The van der Waals surface area contributed by atoms with E-state index in [1.165, 1.54) is 12.1 Å². The van der Waals surface area contributed by atoms with Gasteiger partial charge >= 0.3 is 0 Å². The molecule has 7 heteroatoms. The summed E-state index contributed by atoms with van der Waals surface area (Å²) in [5.74, 6) is 0.311. The van der Waals surface area contributed by atoms with E-state index in [4.69, 9.17) is 0 Å². The van der Waals surface area contributed by atoms with Crippen LogP contribution in [0.15, 0.2) is 53.6 Å². The summed E-state index contributed by atoms with van der Waals surface area (Å²) in [7, 11) is -3.93. The van der Waals surface area contributed by atoms with Crippen LogP contribution in [0.5, 0.6) is 0 Å². The predicted octanol–water partition coefficient (Wildman–Crippen LogP) is 2.83. The number of benzene rings is 1. The number of aromatic nitrogens is 1. The van der Waals surface area contributed by atoms with Gasteiger partial charge in [-0.1, -0.05) is 25.1 Å². The average molecular weight is 373 g/mol. The number of carbonyl (C=O) groups is 1. The van der Waals surface area contributed by atoms with Gasteiger partial charge in [0.1, 0.15) is 5.82 Å². The molecule has 138 valence electrons. The maximum atomic E-state index is 12.7. The Kier molecular flexibility index (Phi) is 4.75. The van der Waals surface area contributed by atoms with Crippen molar-refractivity contribution in [1.29, 1.82) is 0 Å². The zero-order chi connectivity index (χ0) is 18.9. The summed E-state index contributed by atoms with van der Waals surface area (Å²) < 4.78 is 27.1. The van der Waals surface area contributed by atoms with E-state index in [-0.39, 0.29) is 16.0 Å². The summed E-state index contributed by atoms with van der Waals surface area (Å²) in [6, 6.07) is 11.1. The minimum absolute atomic E-state index is 0.0499. The van der Waals surface area contributed by atoms with E-state index in [2.05, 4.69) is 35.4 Å². The van der Waals surface area contributed by atoms with E-state index in [0.717, 1.165) is 13.0 Å². The van der Waals surface area contributed by atoms with E-state index in [9.17, 15) is 13.2 Å². The Morgan fingerprint density at radius 3 is 2.50 bits per heavy atom. The summed E-state index contributed by atoms with van der Waals surface area (Å²) >= 11 is 0. The van der Waals surface area contributed by atoms with Crippen molar-refractivity contribution >= 4 is 21.7 Å². The Balaban J connectivity index is 1.92. The van der Waals surface area contributed by atoms with Crippen molar-refractivity contribution < 1.29 is 13.2 Å². The van der Waals surface area contributed by atoms with Gasteiger partial charge in [-0.3, -0.25) is 4.79 Å². The van der Waals surface area contributed by atoms with Gasteiger partial charge < -0.3 is 4.90 Å². The van der Waals surface area contributed by atoms with E-state index in [1.807, 2.05) is 0 Å². The van der Waals surface area contributed by atoms with Gasteiger partial charge in [0, 0.05) is 18.3 Å². The highest BCUT2D eigenvalue weighted by atomic mass is 32.2. The van der Waals surface area contributed by atoms with Crippen LogP contribution in [0.1, 0.15) is 37.6 Å². The highest BCUT2D eigenvalue weighted by Crippen LogP contribution is 2.37. The lowest BCUT2D eigenvalue weighted by atomic mass is 9.97. The van der Waals surface area contributed by atoms with E-state index >= 15 is 0 Å². The van der Waals surface area contributed by atoms with Gasteiger partial charge in [0.15, 0.2) is 0 Å². The molecule has 1 N–H and O–H groups in total. The van der Waals surface area contributed by atoms with Crippen LogP contribution in [-0.2, 0) is 10.0 Å². The van der Waals surface area contributed by atoms with Crippen molar-refractivity contribution in [2.45, 2.75) is 37.6 Å². The summed E-state index contributed by atoms with van der Waals surface area (Å²) in [5.41, 5.74) is 0.107. The van der Waals surface area contributed by atoms with Crippen molar-refractivity contribution in [2.75, 3.05) is 11.4 Å². The number of carbonyl (C=O) groups excluding carboxylic acids is 1. The van der Waals surface area contributed by atoms with Crippen LogP contribution in [0.3, 0.4) is 0 Å². The van der Waals surface area contributed by atoms with Crippen molar-refractivity contribution in [1.82, 2.24) is 9.71 Å². The van der Waals surface area contributed by atoms with E-state index in [1.54, 1.807) is 36.5 Å². The van der Waals surface area contributed by atoms with Gasteiger partial charge in [-0.05, 0) is 50.5 Å². The fourth-order valence-electron chi connectivity index (χ4n) is 3.58. The lowest BCUT2D eigenvalue weighted by Crippen LogP contribution is -2.40. The standard InChI is InChI=1S/C19H23N3O3S/c1-14-12-19(2,3)22(13-14)17-16(10-7-11-20-17)18(23)21-26(24,25)15-8-5-4-6-9-15/h4-11,14H,12-13H2,1-3H3,(H,21,23). The number of sulfonamides is 1. The maximum absolute atomic E-state index is 12.7. The van der Waals surface area contributed by atoms with Crippen LogP contribution in [0, 0.1) is 5.92 Å². The Bertz CT molecular complexity index is 911. The zero-order valence-corrected chi connectivity index (χ0v) is 16.0. The summed E-state index contributed by atoms with van der Waals surface area (Å²) in [4.78, 5) is 19.3. The third-order valence-electron chi connectivity index (χ3n) is 4.64. The molecule has 0 aliphatic carbocycles. The van der Waals surface area contributed by atoms with Crippen LogP contribution in [0.4, 0.5) is 5.82 Å². The molecule has 1 atom stereocenters. The molecule has 0 spiro atoms. The highest BCUT2D eigenvalue weighted by molar-refractivity contribution is 7.90. The largest absolute Gasteiger partial charge is 0.351 e. The molecule has 3 rings (SSSR count). The molecule has 1 aliphatic heterocycles. The van der Waals surface area contributed by atoms with E-state index in [0.29, 0.717) is 11.7 Å². The number of hydrogen-bond donors (Lipinski definition) is 1. The number of hydrogen-bond acceptors (Lipinski definition) is 5. The van der Waals surface area contributed by atoms with Gasteiger partial charge in [0.2, 0.25) is 0 Å². The molecular weight excluding hydrogens is 350 g/mol. The molecule has 1 aromatic carbocycles. The smallest absolute Gasteiger partial charge is 0.268 e. The zero-order valence-electron chi connectivity index (χ0n) is 15.1. The number of nitrogens with one attached hydrogen (secondary N) is 1. The quantitative estimate of drug-likeness (QED) is 0.891. The molecule has 0 bridgehead atoms. The molecule has 6 nitrogen and oxygen atoms in total. The first kappa shape index (κ1) is 18.4. The number of amides is 1. The lowest BCUT2D eigenvalue weighted by Gasteiger charge is -2.33. The first-order chi connectivity index (χ1) is 12.2. The number of nitrogens with zero attached hydrogens (tertiary/aromatic N) is 2. The van der Waals surface area contributed by atoms with Gasteiger partial charge in [0.05, 0.1) is 10.5 Å². The fourth-order valence-corrected chi connectivity index (χ4v) is 4.57. The Hall–Kier alpha value is -2.41. The van der Waals surface area contributed by atoms with Gasteiger partial charge in [-0.2, -0.15) is 0 Å². The van der Waals surface area contributed by atoms with Gasteiger partial charge in [-0.15, -0.1) is 0 Å². The topological polar surface area (TPSA) is 79.4 Å². The first-order valence-electron chi connectivity index (χ1n) is 8.55. The molecule has 26 heavy (non-hydrogen) atoms. The molecule has 1 aliphatic rings. The fraction of sp³-hybridized carbons (Fsp3) is 0.368. The molecule has 0 radical (unpaired) electrons. The molecule has 2 heterocycles. The highest BCUT2D eigenvalue weighted by Gasteiger charge is 2.38. The van der Waals surface area contributed by atoms with Crippen LogP contribution >= 0.6 is 0 Å². The summed E-state index contributed by atoms with van der Waals surface area (Å²) in [6.07, 6.45) is 2.60. The molecule has 1 unspecified atom stereocenters. The summed E-state index contributed by atoms with van der Waals surface area (Å²) in [5, 5.41) is 0. The molecule has 1 amide bonds. The molecule has 1 saturated heterocycles. The second-order valence-electron chi connectivity index (χ2n) is 7.35. The van der Waals surface area contributed by atoms with E-state index < -0.39 is 15.9 Å². The molecule has 1 fully saturated rings. The Morgan fingerprint density at radius 1 is 1.19 bits per heavy atom. The Labute approximate surface area is 154 Å². The van der Waals surface area contributed by atoms with Crippen molar-refractivity contribution in [3.63, 3.8) is 0 Å². The third kappa shape index (κ3) is 3.58. The SMILES string of the molecule is CC1CN(c2ncccc2C(=O)NS(=O)(=O)c2ccccc2)C(C)(C)C1. The van der Waals surface area contributed by atoms with Crippen LogP contribution in [-0.4, -0.2) is 31.4 Å². The molecule has 0 saturated carbocycles. The third-order valence-corrected chi connectivity index (χ3v) is 5.99. The second-order valence-corrected chi connectivity index (χ2v) is 9.04. The minimum atomic E-state index is -3.93. The lowest BCUT2D eigenvalue weighted by molar-refractivity contribution is 0.0981. The van der Waals surface area contributed by atoms with Crippen LogP contribution < -0.4 is 9.62 Å². The van der Waals surface area contributed by atoms with Crippen molar-refractivity contribution in [3.8, 4) is 0 Å². The number of anilines is 1. The predicted molar refractivity (Wildman–Crippen MR) is 101 cm³/mol. The number of rotatable bonds is 4. The van der Waals surface area contributed by atoms with Crippen LogP contribution in [0.2, 0.25) is 0 Å². The van der Waals surface area contributed by atoms with Crippen LogP contribution in [0.25, 0.3) is 0 Å². The number of pyridine rings is 1. The average Bonchev–Trinajstić information content (AvgIpc) is 2.87.